The molecule has 3 aromatic heterocycles. The normalized spacial score (nSPS) is 11.5. The highest BCUT2D eigenvalue weighted by Crippen LogP contribution is 2.43. The van der Waals surface area contributed by atoms with Gasteiger partial charge in [-0.1, -0.05) is 103 Å². The molecule has 188 valence electrons. The topological polar surface area (TPSA) is 17.8 Å². The van der Waals surface area contributed by atoms with Crippen LogP contribution in [-0.2, 0) is 0 Å². The van der Waals surface area contributed by atoms with Crippen molar-refractivity contribution in [2.45, 2.75) is 0 Å². The monoisotopic (exact) mass is 528 g/mol. The molecule has 0 amide bonds. The fourth-order valence-electron chi connectivity index (χ4n) is 5.71. The molecule has 0 aliphatic rings. The van der Waals surface area contributed by atoms with Crippen LogP contribution in [0.2, 0.25) is 0 Å². The molecule has 8 aromatic rings. The van der Waals surface area contributed by atoms with Gasteiger partial charge in [0.1, 0.15) is 0 Å². The second-order valence-corrected chi connectivity index (χ2v) is 11.1. The maximum absolute atomic E-state index is 5.19. The molecule has 0 aliphatic heterocycles. The van der Waals surface area contributed by atoms with Gasteiger partial charge in [0, 0.05) is 32.3 Å². The number of fused-ring (bicyclic) bond motifs is 5. The lowest BCUT2D eigenvalue weighted by molar-refractivity contribution is 1.19. The third kappa shape index (κ3) is 3.75. The third-order valence-corrected chi connectivity index (χ3v) is 8.78. The van der Waals surface area contributed by atoms with E-state index in [1.807, 2.05) is 17.4 Å². The first-order chi connectivity index (χ1) is 19.8. The third-order valence-electron chi connectivity index (χ3n) is 7.59. The van der Waals surface area contributed by atoms with E-state index in [1.165, 1.54) is 48.0 Å². The van der Waals surface area contributed by atoms with Crippen molar-refractivity contribution in [3.05, 3.63) is 146 Å². The molecule has 5 aromatic carbocycles. The molecular weight excluding hydrogens is 504 g/mol. The maximum Gasteiger partial charge on any atom is 0.0727 e. The number of hydrogen-bond donors (Lipinski definition) is 0. The van der Waals surface area contributed by atoms with E-state index in [9.17, 15) is 0 Å². The predicted molar refractivity (Wildman–Crippen MR) is 170 cm³/mol. The molecule has 3 heterocycles. The molecule has 40 heavy (non-hydrogen) atoms. The second kappa shape index (κ2) is 9.33. The zero-order valence-corrected chi connectivity index (χ0v) is 22.5. The van der Waals surface area contributed by atoms with Crippen molar-refractivity contribution in [3.63, 3.8) is 0 Å². The highest BCUT2D eigenvalue weighted by Gasteiger charge is 2.18. The first kappa shape index (κ1) is 22.9. The van der Waals surface area contributed by atoms with Crippen LogP contribution in [0.1, 0.15) is 0 Å². The highest BCUT2D eigenvalue weighted by atomic mass is 32.1. The Morgan fingerprint density at radius 3 is 1.85 bits per heavy atom. The van der Waals surface area contributed by atoms with E-state index in [0.717, 1.165) is 22.5 Å². The van der Waals surface area contributed by atoms with E-state index >= 15 is 0 Å². The number of thiophene rings is 1. The Kier molecular flexibility index (Phi) is 5.35. The molecule has 8 rings (SSSR count). The fraction of sp³-hybridized carbons (Fsp3) is 0. The first-order valence-electron chi connectivity index (χ1n) is 13.5. The summed E-state index contributed by atoms with van der Waals surface area (Å²) in [6.07, 6.45) is 0. The summed E-state index contributed by atoms with van der Waals surface area (Å²) < 4.78 is 5.02. The minimum Gasteiger partial charge on any atom is -0.308 e. The number of hydrogen-bond acceptors (Lipinski definition) is 2. The number of aromatic nitrogens is 2. The van der Waals surface area contributed by atoms with Crippen LogP contribution in [0.25, 0.3) is 70.5 Å². The summed E-state index contributed by atoms with van der Waals surface area (Å²) in [7, 11) is 0. The first-order valence-corrected chi connectivity index (χ1v) is 14.3. The Morgan fingerprint density at radius 2 is 1.10 bits per heavy atom. The van der Waals surface area contributed by atoms with Crippen LogP contribution in [0.3, 0.4) is 0 Å². The molecule has 0 radical (unpaired) electrons. The second-order valence-electron chi connectivity index (χ2n) is 10.0. The Labute approximate surface area is 236 Å². The molecule has 0 saturated heterocycles. The number of benzene rings is 5. The minimum atomic E-state index is 0.976. The van der Waals surface area contributed by atoms with Crippen LogP contribution in [0.5, 0.6) is 0 Å². The lowest BCUT2D eigenvalue weighted by atomic mass is 9.99. The average molecular weight is 529 g/mol. The van der Waals surface area contributed by atoms with Gasteiger partial charge in [-0.2, -0.15) is 0 Å². The van der Waals surface area contributed by atoms with E-state index < -0.39 is 0 Å². The van der Waals surface area contributed by atoms with Gasteiger partial charge < -0.3 is 4.57 Å². The van der Waals surface area contributed by atoms with Crippen LogP contribution >= 0.6 is 11.3 Å². The van der Waals surface area contributed by atoms with E-state index in [4.69, 9.17) is 4.98 Å². The van der Waals surface area contributed by atoms with E-state index in [1.54, 1.807) is 0 Å². The molecule has 0 unspecified atom stereocenters. The van der Waals surface area contributed by atoms with E-state index in [0.29, 0.717) is 0 Å². The number of pyridine rings is 1. The average Bonchev–Trinajstić information content (AvgIpc) is 3.56. The lowest BCUT2D eigenvalue weighted by Gasteiger charge is -2.11. The van der Waals surface area contributed by atoms with Crippen molar-refractivity contribution in [2.75, 3.05) is 0 Å². The number of rotatable bonds is 4. The standard InChI is InChI=1S/C37H24N2S/c1-4-12-25(13-5-1)28-23-32(26-14-6-2-7-15-26)38-33(24-28)27-20-21-35-31(22-27)36-37(40-35)30-18-10-11-19-34(30)39(36)29-16-8-3-9-17-29/h1-24H. The Hall–Kier alpha value is -4.99. The molecule has 0 spiro atoms. The van der Waals surface area contributed by atoms with Gasteiger partial charge in [0.2, 0.25) is 0 Å². The highest BCUT2D eigenvalue weighted by molar-refractivity contribution is 7.26. The molecule has 0 aliphatic carbocycles. The SMILES string of the molecule is c1ccc(-c2cc(-c3ccccc3)nc(-c3ccc4sc5c6ccccc6n(-c6ccccc6)c5c4c3)c2)cc1. The van der Waals surface area contributed by atoms with Crippen LogP contribution < -0.4 is 0 Å². The molecule has 2 nitrogen and oxygen atoms in total. The van der Waals surface area contributed by atoms with Gasteiger partial charge in [-0.3, -0.25) is 0 Å². The van der Waals surface area contributed by atoms with Gasteiger partial charge in [-0.25, -0.2) is 4.98 Å². The summed E-state index contributed by atoms with van der Waals surface area (Å²) in [4.78, 5) is 5.19. The van der Waals surface area contributed by atoms with Gasteiger partial charge in [-0.05, 0) is 53.6 Å². The molecule has 0 atom stereocenters. The molecule has 3 heteroatoms. The molecule has 0 fully saturated rings. The number of para-hydroxylation sites is 2. The van der Waals surface area contributed by atoms with Crippen molar-refractivity contribution < 1.29 is 0 Å². The summed E-state index contributed by atoms with van der Waals surface area (Å²) in [6.45, 7) is 0. The Morgan fingerprint density at radius 1 is 0.475 bits per heavy atom. The van der Waals surface area contributed by atoms with E-state index in [2.05, 4.69) is 144 Å². The van der Waals surface area contributed by atoms with Crippen LogP contribution in [-0.4, -0.2) is 9.55 Å². The van der Waals surface area contributed by atoms with Crippen LogP contribution in [0.4, 0.5) is 0 Å². The summed E-state index contributed by atoms with van der Waals surface area (Å²) in [6, 6.07) is 51.7. The van der Waals surface area contributed by atoms with E-state index in [-0.39, 0.29) is 0 Å². The summed E-state index contributed by atoms with van der Waals surface area (Å²) >= 11 is 1.87. The smallest absolute Gasteiger partial charge is 0.0727 e. The quantitative estimate of drug-likeness (QED) is 0.222. The Bertz CT molecular complexity index is 2080. The zero-order chi connectivity index (χ0) is 26.5. The number of nitrogens with zero attached hydrogens (tertiary/aromatic N) is 2. The summed E-state index contributed by atoms with van der Waals surface area (Å²) in [5.74, 6) is 0. The van der Waals surface area contributed by atoms with Crippen molar-refractivity contribution >= 4 is 42.5 Å². The van der Waals surface area contributed by atoms with Gasteiger partial charge in [0.15, 0.2) is 0 Å². The molecular formula is C37H24N2S. The van der Waals surface area contributed by atoms with Crippen LogP contribution in [0.15, 0.2) is 146 Å². The van der Waals surface area contributed by atoms with Gasteiger partial charge in [0.05, 0.1) is 27.1 Å². The predicted octanol–water partition coefficient (Wildman–Crippen LogP) is 10.4. The van der Waals surface area contributed by atoms with Crippen LogP contribution in [0, 0.1) is 0 Å². The maximum atomic E-state index is 5.19. The van der Waals surface area contributed by atoms with Crippen molar-refractivity contribution in [2.24, 2.45) is 0 Å². The van der Waals surface area contributed by atoms with Crippen molar-refractivity contribution in [1.29, 1.82) is 0 Å². The van der Waals surface area contributed by atoms with Crippen molar-refractivity contribution in [3.8, 4) is 39.3 Å². The van der Waals surface area contributed by atoms with Gasteiger partial charge in [0.25, 0.3) is 0 Å². The van der Waals surface area contributed by atoms with Crippen molar-refractivity contribution in [1.82, 2.24) is 9.55 Å². The van der Waals surface area contributed by atoms with Gasteiger partial charge >= 0.3 is 0 Å². The largest absolute Gasteiger partial charge is 0.308 e. The fourth-order valence-corrected chi connectivity index (χ4v) is 6.91. The summed E-state index contributed by atoms with van der Waals surface area (Å²) in [5.41, 5.74) is 10.2. The Balaban J connectivity index is 1.40. The molecule has 0 bridgehead atoms. The molecule has 0 saturated carbocycles. The summed E-state index contributed by atoms with van der Waals surface area (Å²) in [5, 5.41) is 2.55. The zero-order valence-electron chi connectivity index (χ0n) is 21.7. The minimum absolute atomic E-state index is 0.976. The lowest BCUT2D eigenvalue weighted by Crippen LogP contribution is -1.93. The van der Waals surface area contributed by atoms with Gasteiger partial charge in [-0.15, -0.1) is 11.3 Å². The molecule has 0 N–H and O–H groups in total.